The van der Waals surface area contributed by atoms with Gasteiger partial charge >= 0.3 is 0 Å². The largest absolute Gasteiger partial charge is 0.497 e. The van der Waals surface area contributed by atoms with Gasteiger partial charge in [-0.2, -0.15) is 0 Å². The van der Waals surface area contributed by atoms with Gasteiger partial charge in [0.15, 0.2) is 0 Å². The lowest BCUT2D eigenvalue weighted by Crippen LogP contribution is -2.35. The van der Waals surface area contributed by atoms with Gasteiger partial charge in [-0.05, 0) is 42.3 Å². The van der Waals surface area contributed by atoms with Gasteiger partial charge in [0.25, 0.3) is 0 Å². The van der Waals surface area contributed by atoms with E-state index in [1.807, 2.05) is 50.2 Å². The highest BCUT2D eigenvalue weighted by Crippen LogP contribution is 2.32. The normalized spacial score (nSPS) is 18.5. The lowest BCUT2D eigenvalue weighted by atomic mass is 9.87. The third-order valence-corrected chi connectivity index (χ3v) is 6.08. The highest BCUT2D eigenvalue weighted by molar-refractivity contribution is 5.80. The summed E-state index contributed by atoms with van der Waals surface area (Å²) in [7, 11) is 3.71. The van der Waals surface area contributed by atoms with Gasteiger partial charge in [0.2, 0.25) is 11.8 Å². The summed E-state index contributed by atoms with van der Waals surface area (Å²) in [4.78, 5) is 27.1. The summed E-state index contributed by atoms with van der Waals surface area (Å²) in [5.41, 5.74) is 3.38. The zero-order valence-electron chi connectivity index (χ0n) is 19.6. The lowest BCUT2D eigenvalue weighted by molar-refractivity contribution is -0.125. The number of carbonyl (C=O) groups is 2. The van der Waals surface area contributed by atoms with Gasteiger partial charge < -0.3 is 20.3 Å². The maximum Gasteiger partial charge on any atom is 0.225 e. The van der Waals surface area contributed by atoms with Crippen LogP contribution in [0.1, 0.15) is 36.5 Å². The van der Waals surface area contributed by atoms with E-state index in [0.717, 1.165) is 36.4 Å². The van der Waals surface area contributed by atoms with E-state index in [2.05, 4.69) is 34.7 Å². The Hall–Kier alpha value is -2.86. The zero-order valence-corrected chi connectivity index (χ0v) is 19.6. The second kappa shape index (κ2) is 11.1. The van der Waals surface area contributed by atoms with E-state index in [1.54, 1.807) is 7.11 Å². The molecule has 1 saturated heterocycles. The minimum absolute atomic E-state index is 0.0346. The second-order valence-electron chi connectivity index (χ2n) is 8.94. The predicted molar refractivity (Wildman–Crippen MR) is 127 cm³/mol. The standard InChI is InChI=1S/C26H35N3O3/c1-18(2)25(30)28-15-20-6-5-7-21(14-20)23-16-29(3)17-24(23)26(31)27-13-12-19-8-10-22(32-4)11-9-19/h5-11,14,18,23-24H,12-13,15-17H2,1-4H3,(H,27,31)(H,28,30)/t23-,24-/m1/s1. The number of methoxy groups -OCH3 is 1. The van der Waals surface area contributed by atoms with Crippen LogP contribution in [0.2, 0.25) is 0 Å². The van der Waals surface area contributed by atoms with E-state index < -0.39 is 0 Å². The number of ether oxygens (including phenoxy) is 1. The quantitative estimate of drug-likeness (QED) is 0.633. The molecule has 2 aromatic rings. The van der Waals surface area contributed by atoms with Crippen LogP contribution in [0.25, 0.3) is 0 Å². The van der Waals surface area contributed by atoms with Gasteiger partial charge in [0.05, 0.1) is 13.0 Å². The number of amides is 2. The smallest absolute Gasteiger partial charge is 0.225 e. The minimum Gasteiger partial charge on any atom is -0.497 e. The first kappa shape index (κ1) is 23.8. The van der Waals surface area contributed by atoms with Crippen LogP contribution in [0.5, 0.6) is 5.75 Å². The number of likely N-dealkylation sites (N-methyl/N-ethyl adjacent to an activating group) is 1. The molecule has 1 fully saturated rings. The van der Waals surface area contributed by atoms with Crippen LogP contribution >= 0.6 is 0 Å². The molecule has 2 N–H and O–H groups in total. The molecular formula is C26H35N3O3. The van der Waals surface area contributed by atoms with Gasteiger partial charge in [0.1, 0.15) is 5.75 Å². The average molecular weight is 438 g/mol. The van der Waals surface area contributed by atoms with Crippen LogP contribution in [0.15, 0.2) is 48.5 Å². The number of nitrogens with one attached hydrogen (secondary N) is 2. The highest BCUT2D eigenvalue weighted by Gasteiger charge is 2.36. The number of rotatable bonds is 9. The molecule has 2 atom stereocenters. The number of carbonyl (C=O) groups excluding carboxylic acids is 2. The summed E-state index contributed by atoms with van der Waals surface area (Å²) in [6.07, 6.45) is 0.786. The van der Waals surface area contributed by atoms with Gasteiger partial charge in [-0.15, -0.1) is 0 Å². The summed E-state index contributed by atoms with van der Waals surface area (Å²) in [5.74, 6) is 1.00. The number of hydrogen-bond donors (Lipinski definition) is 2. The first-order chi connectivity index (χ1) is 15.4. The third-order valence-electron chi connectivity index (χ3n) is 6.08. The zero-order chi connectivity index (χ0) is 23.1. The van der Waals surface area contributed by atoms with Gasteiger partial charge in [0, 0.05) is 38.0 Å². The van der Waals surface area contributed by atoms with Crippen molar-refractivity contribution in [2.24, 2.45) is 11.8 Å². The molecule has 6 heteroatoms. The molecule has 1 aliphatic rings. The Morgan fingerprint density at radius 2 is 1.81 bits per heavy atom. The van der Waals surface area contributed by atoms with Crippen molar-refractivity contribution in [1.82, 2.24) is 15.5 Å². The summed E-state index contributed by atoms with van der Waals surface area (Å²) in [5, 5.41) is 6.11. The van der Waals surface area contributed by atoms with Crippen molar-refractivity contribution in [1.29, 1.82) is 0 Å². The maximum absolute atomic E-state index is 13.0. The van der Waals surface area contributed by atoms with Gasteiger partial charge in [-0.1, -0.05) is 50.2 Å². The SMILES string of the molecule is COc1ccc(CCNC(=O)[C@@H]2CN(C)C[C@@H]2c2cccc(CNC(=O)C(C)C)c2)cc1. The van der Waals surface area contributed by atoms with Crippen molar-refractivity contribution in [3.8, 4) is 5.75 Å². The summed E-state index contributed by atoms with van der Waals surface area (Å²) in [6, 6.07) is 16.2. The molecule has 1 aliphatic heterocycles. The topological polar surface area (TPSA) is 70.7 Å². The predicted octanol–water partition coefficient (Wildman–Crippen LogP) is 2.97. The molecule has 32 heavy (non-hydrogen) atoms. The number of hydrogen-bond acceptors (Lipinski definition) is 4. The molecule has 2 amide bonds. The Morgan fingerprint density at radius 3 is 2.50 bits per heavy atom. The Labute approximate surface area is 191 Å². The Kier molecular flexibility index (Phi) is 8.28. The van der Waals surface area contributed by atoms with Crippen LogP contribution in [-0.2, 0) is 22.6 Å². The molecule has 0 bridgehead atoms. The molecular weight excluding hydrogens is 402 g/mol. The molecule has 0 spiro atoms. The molecule has 172 valence electrons. The number of benzene rings is 2. The molecule has 0 aromatic heterocycles. The molecule has 0 aliphatic carbocycles. The van der Waals surface area contributed by atoms with Crippen molar-refractivity contribution in [3.05, 3.63) is 65.2 Å². The summed E-state index contributed by atoms with van der Waals surface area (Å²) in [6.45, 7) is 6.48. The maximum atomic E-state index is 13.0. The van der Waals surface area contributed by atoms with Gasteiger partial charge in [-0.3, -0.25) is 9.59 Å². The minimum atomic E-state index is -0.0867. The molecule has 0 saturated carbocycles. The Balaban J connectivity index is 1.59. The Bertz CT molecular complexity index is 911. The number of likely N-dealkylation sites (tertiary alicyclic amines) is 1. The van der Waals surface area contributed by atoms with Crippen LogP contribution in [-0.4, -0.2) is 50.5 Å². The first-order valence-corrected chi connectivity index (χ1v) is 11.3. The third kappa shape index (κ3) is 6.33. The fraction of sp³-hybridized carbons (Fsp3) is 0.462. The van der Waals surface area contributed by atoms with Crippen LogP contribution < -0.4 is 15.4 Å². The first-order valence-electron chi connectivity index (χ1n) is 11.3. The Morgan fingerprint density at radius 1 is 1.06 bits per heavy atom. The fourth-order valence-electron chi connectivity index (χ4n) is 4.18. The molecule has 3 rings (SSSR count). The van der Waals surface area contributed by atoms with Crippen molar-refractivity contribution in [2.75, 3.05) is 33.8 Å². The van der Waals surface area contributed by atoms with Crippen molar-refractivity contribution in [2.45, 2.75) is 32.7 Å². The number of nitrogens with zero attached hydrogens (tertiary/aromatic N) is 1. The van der Waals surface area contributed by atoms with Crippen LogP contribution in [0, 0.1) is 11.8 Å². The summed E-state index contributed by atoms with van der Waals surface area (Å²) >= 11 is 0. The molecule has 1 heterocycles. The van der Waals surface area contributed by atoms with Crippen molar-refractivity contribution in [3.63, 3.8) is 0 Å². The fourth-order valence-corrected chi connectivity index (χ4v) is 4.18. The van der Waals surface area contributed by atoms with Crippen LogP contribution in [0.3, 0.4) is 0 Å². The van der Waals surface area contributed by atoms with E-state index in [0.29, 0.717) is 13.1 Å². The average Bonchev–Trinajstić information content (AvgIpc) is 3.19. The second-order valence-corrected chi connectivity index (χ2v) is 8.94. The molecule has 6 nitrogen and oxygen atoms in total. The summed E-state index contributed by atoms with van der Waals surface area (Å²) < 4.78 is 5.19. The monoisotopic (exact) mass is 437 g/mol. The lowest BCUT2D eigenvalue weighted by Gasteiger charge is -2.19. The molecule has 0 unspecified atom stereocenters. The van der Waals surface area contributed by atoms with E-state index >= 15 is 0 Å². The van der Waals surface area contributed by atoms with E-state index in [4.69, 9.17) is 4.74 Å². The van der Waals surface area contributed by atoms with E-state index in [9.17, 15) is 9.59 Å². The molecule has 2 aromatic carbocycles. The van der Waals surface area contributed by atoms with Crippen molar-refractivity contribution < 1.29 is 14.3 Å². The van der Waals surface area contributed by atoms with Crippen molar-refractivity contribution >= 4 is 11.8 Å². The van der Waals surface area contributed by atoms with Crippen LogP contribution in [0.4, 0.5) is 0 Å². The van der Waals surface area contributed by atoms with Gasteiger partial charge in [-0.25, -0.2) is 0 Å². The highest BCUT2D eigenvalue weighted by atomic mass is 16.5. The van der Waals surface area contributed by atoms with E-state index in [1.165, 1.54) is 5.56 Å². The van der Waals surface area contributed by atoms with E-state index in [-0.39, 0.29) is 29.6 Å². The molecule has 0 radical (unpaired) electrons.